The van der Waals surface area contributed by atoms with E-state index in [0.717, 1.165) is 11.3 Å². The van der Waals surface area contributed by atoms with Gasteiger partial charge in [0.1, 0.15) is 5.75 Å². The molecule has 1 amide bonds. The van der Waals surface area contributed by atoms with Gasteiger partial charge in [0, 0.05) is 12.1 Å². The molecular weight excluding hydrogens is 288 g/mol. The molecule has 3 N–H and O–H groups in total. The fraction of sp³-hybridized carbons (Fsp3) is 0.188. The van der Waals surface area contributed by atoms with E-state index in [9.17, 15) is 4.79 Å². The molecule has 0 saturated carbocycles. The van der Waals surface area contributed by atoms with Crippen LogP contribution in [0.1, 0.15) is 12.0 Å². The van der Waals surface area contributed by atoms with E-state index in [1.165, 1.54) is 0 Å². The standard InChI is InChI=1S/C16H17ClN2O2/c1-21-13-6-2-11(3-7-13)4-9-16(20)19-15-10-12(18)5-8-14(15)17/h2-3,5-8,10H,4,9,18H2,1H3,(H,19,20). The highest BCUT2D eigenvalue weighted by Crippen LogP contribution is 2.24. The van der Waals surface area contributed by atoms with Crippen molar-refractivity contribution in [3.63, 3.8) is 0 Å². The summed E-state index contributed by atoms with van der Waals surface area (Å²) in [7, 11) is 1.62. The molecule has 0 unspecified atom stereocenters. The molecule has 2 aromatic carbocycles. The molecule has 0 heterocycles. The highest BCUT2D eigenvalue weighted by molar-refractivity contribution is 6.33. The molecule has 4 nitrogen and oxygen atoms in total. The van der Waals surface area contributed by atoms with Crippen LogP contribution in [0, 0.1) is 0 Å². The van der Waals surface area contributed by atoms with E-state index in [-0.39, 0.29) is 5.91 Å². The third-order valence-electron chi connectivity index (χ3n) is 3.06. The molecule has 110 valence electrons. The smallest absolute Gasteiger partial charge is 0.224 e. The zero-order chi connectivity index (χ0) is 15.2. The van der Waals surface area contributed by atoms with Crippen LogP contribution in [0.4, 0.5) is 11.4 Å². The summed E-state index contributed by atoms with van der Waals surface area (Å²) in [6.45, 7) is 0. The Bertz CT molecular complexity index is 627. The summed E-state index contributed by atoms with van der Waals surface area (Å²) in [5.41, 5.74) is 7.85. The zero-order valence-electron chi connectivity index (χ0n) is 11.7. The second-order valence-corrected chi connectivity index (χ2v) is 5.04. The minimum Gasteiger partial charge on any atom is -0.497 e. The zero-order valence-corrected chi connectivity index (χ0v) is 12.5. The summed E-state index contributed by atoms with van der Waals surface area (Å²) >= 11 is 6.01. The number of benzene rings is 2. The molecule has 0 aliphatic heterocycles. The number of carbonyl (C=O) groups is 1. The Hall–Kier alpha value is -2.20. The molecule has 0 aliphatic rings. The molecule has 0 spiro atoms. The Labute approximate surface area is 128 Å². The summed E-state index contributed by atoms with van der Waals surface area (Å²) in [4.78, 5) is 11.9. The van der Waals surface area contributed by atoms with Crippen LogP contribution in [0.3, 0.4) is 0 Å². The van der Waals surface area contributed by atoms with E-state index in [0.29, 0.717) is 29.2 Å². The summed E-state index contributed by atoms with van der Waals surface area (Å²) in [6, 6.07) is 12.6. The first kappa shape index (κ1) is 15.2. The van der Waals surface area contributed by atoms with Gasteiger partial charge in [-0.2, -0.15) is 0 Å². The first-order valence-corrected chi connectivity index (χ1v) is 6.94. The van der Waals surface area contributed by atoms with Crippen molar-refractivity contribution < 1.29 is 9.53 Å². The Kier molecular flexibility index (Phi) is 5.06. The van der Waals surface area contributed by atoms with Crippen LogP contribution in [0.2, 0.25) is 5.02 Å². The number of hydrogen-bond acceptors (Lipinski definition) is 3. The van der Waals surface area contributed by atoms with Crippen molar-refractivity contribution in [3.05, 3.63) is 53.1 Å². The lowest BCUT2D eigenvalue weighted by Crippen LogP contribution is -2.12. The predicted octanol–water partition coefficient (Wildman–Crippen LogP) is 3.50. The number of hydrogen-bond donors (Lipinski definition) is 2. The Morgan fingerprint density at radius 2 is 1.95 bits per heavy atom. The number of amides is 1. The molecule has 0 bridgehead atoms. The number of carbonyl (C=O) groups excluding carboxylic acids is 1. The Morgan fingerprint density at radius 3 is 2.62 bits per heavy atom. The second-order valence-electron chi connectivity index (χ2n) is 4.64. The molecule has 0 fully saturated rings. The molecule has 2 aromatic rings. The van der Waals surface area contributed by atoms with Gasteiger partial charge in [0.05, 0.1) is 17.8 Å². The van der Waals surface area contributed by atoms with Crippen LogP contribution in [0.5, 0.6) is 5.75 Å². The van der Waals surface area contributed by atoms with Crippen molar-refractivity contribution in [2.24, 2.45) is 0 Å². The first-order chi connectivity index (χ1) is 10.1. The normalized spacial score (nSPS) is 10.2. The van der Waals surface area contributed by atoms with E-state index in [4.69, 9.17) is 22.1 Å². The van der Waals surface area contributed by atoms with Crippen molar-refractivity contribution >= 4 is 28.9 Å². The molecule has 21 heavy (non-hydrogen) atoms. The number of aryl methyl sites for hydroxylation is 1. The number of halogens is 1. The minimum absolute atomic E-state index is 0.0988. The lowest BCUT2D eigenvalue weighted by Gasteiger charge is -2.08. The number of anilines is 2. The van der Waals surface area contributed by atoms with Gasteiger partial charge in [0.15, 0.2) is 0 Å². The lowest BCUT2D eigenvalue weighted by atomic mass is 10.1. The van der Waals surface area contributed by atoms with Gasteiger partial charge in [-0.15, -0.1) is 0 Å². The molecular formula is C16H17ClN2O2. The average Bonchev–Trinajstić information content (AvgIpc) is 2.49. The Morgan fingerprint density at radius 1 is 1.24 bits per heavy atom. The molecule has 5 heteroatoms. The number of methoxy groups -OCH3 is 1. The van der Waals surface area contributed by atoms with Gasteiger partial charge in [-0.3, -0.25) is 4.79 Å². The number of nitrogens with two attached hydrogens (primary N) is 1. The van der Waals surface area contributed by atoms with Crippen LogP contribution in [0.15, 0.2) is 42.5 Å². The van der Waals surface area contributed by atoms with Gasteiger partial charge in [0.25, 0.3) is 0 Å². The largest absolute Gasteiger partial charge is 0.497 e. The number of rotatable bonds is 5. The van der Waals surface area contributed by atoms with E-state index < -0.39 is 0 Å². The number of nitrogens with one attached hydrogen (secondary N) is 1. The van der Waals surface area contributed by atoms with E-state index in [1.807, 2.05) is 24.3 Å². The van der Waals surface area contributed by atoms with Crippen LogP contribution >= 0.6 is 11.6 Å². The lowest BCUT2D eigenvalue weighted by molar-refractivity contribution is -0.116. The second kappa shape index (κ2) is 6.99. The maximum Gasteiger partial charge on any atom is 0.224 e. The van der Waals surface area contributed by atoms with E-state index in [2.05, 4.69) is 5.32 Å². The van der Waals surface area contributed by atoms with Crippen molar-refractivity contribution in [2.45, 2.75) is 12.8 Å². The first-order valence-electron chi connectivity index (χ1n) is 6.56. The quantitative estimate of drug-likeness (QED) is 0.831. The Balaban J connectivity index is 1.91. The van der Waals surface area contributed by atoms with Crippen LogP contribution in [-0.4, -0.2) is 13.0 Å². The third kappa shape index (κ3) is 4.39. The van der Waals surface area contributed by atoms with Gasteiger partial charge in [-0.25, -0.2) is 0 Å². The van der Waals surface area contributed by atoms with Crippen molar-refractivity contribution in [3.8, 4) is 5.75 Å². The summed E-state index contributed by atoms with van der Waals surface area (Å²) in [5, 5.41) is 3.24. The maximum atomic E-state index is 11.9. The SMILES string of the molecule is COc1ccc(CCC(=O)Nc2cc(N)ccc2Cl)cc1. The highest BCUT2D eigenvalue weighted by Gasteiger charge is 2.07. The van der Waals surface area contributed by atoms with Crippen molar-refractivity contribution in [2.75, 3.05) is 18.2 Å². The van der Waals surface area contributed by atoms with Gasteiger partial charge in [-0.1, -0.05) is 23.7 Å². The minimum atomic E-state index is -0.0988. The van der Waals surface area contributed by atoms with Crippen LogP contribution in [0.25, 0.3) is 0 Å². The van der Waals surface area contributed by atoms with Gasteiger partial charge in [0.2, 0.25) is 5.91 Å². The fourth-order valence-electron chi connectivity index (χ4n) is 1.90. The van der Waals surface area contributed by atoms with Gasteiger partial charge >= 0.3 is 0 Å². The monoisotopic (exact) mass is 304 g/mol. The summed E-state index contributed by atoms with van der Waals surface area (Å²) < 4.78 is 5.09. The number of nitrogen functional groups attached to an aromatic ring is 1. The molecule has 0 aromatic heterocycles. The average molecular weight is 305 g/mol. The maximum absolute atomic E-state index is 11.9. The van der Waals surface area contributed by atoms with Crippen LogP contribution in [-0.2, 0) is 11.2 Å². The van der Waals surface area contributed by atoms with Gasteiger partial charge < -0.3 is 15.8 Å². The molecule has 0 radical (unpaired) electrons. The highest BCUT2D eigenvalue weighted by atomic mass is 35.5. The van der Waals surface area contributed by atoms with E-state index >= 15 is 0 Å². The summed E-state index contributed by atoms with van der Waals surface area (Å²) in [6.07, 6.45) is 1.02. The topological polar surface area (TPSA) is 64.3 Å². The third-order valence-corrected chi connectivity index (χ3v) is 3.39. The van der Waals surface area contributed by atoms with Crippen LogP contribution < -0.4 is 15.8 Å². The molecule has 0 atom stereocenters. The van der Waals surface area contributed by atoms with E-state index in [1.54, 1.807) is 25.3 Å². The number of ether oxygens (including phenoxy) is 1. The van der Waals surface area contributed by atoms with Crippen molar-refractivity contribution in [1.82, 2.24) is 0 Å². The van der Waals surface area contributed by atoms with Crippen molar-refractivity contribution in [1.29, 1.82) is 0 Å². The predicted molar refractivity (Wildman–Crippen MR) is 85.8 cm³/mol. The molecule has 0 saturated heterocycles. The molecule has 0 aliphatic carbocycles. The van der Waals surface area contributed by atoms with Gasteiger partial charge in [-0.05, 0) is 42.3 Å². The fourth-order valence-corrected chi connectivity index (χ4v) is 2.07. The summed E-state index contributed by atoms with van der Waals surface area (Å²) in [5.74, 6) is 0.702. The molecule has 2 rings (SSSR count).